The van der Waals surface area contributed by atoms with Crippen LogP contribution in [-0.4, -0.2) is 22.2 Å². The van der Waals surface area contributed by atoms with Crippen molar-refractivity contribution in [1.29, 1.82) is 0 Å². The lowest BCUT2D eigenvalue weighted by Gasteiger charge is -2.23. The van der Waals surface area contributed by atoms with Crippen LogP contribution in [0.25, 0.3) is 10.9 Å². The standard InChI is InChI=1S/C30H27N3O3/c1-20-14-16-31-27(17-20)33-28(24-12-10-22-9-6-15-32-29(22)30(24)34)23-11-13-25(26(18-23)35-2)36-19-21-7-4-3-5-8-21/h3-18,28,34H,19H2,1-2H3,(H,31,33)/t28-/m1/s1. The fourth-order valence-corrected chi connectivity index (χ4v) is 4.20. The van der Waals surface area contributed by atoms with Crippen molar-refractivity contribution in [3.05, 3.63) is 120 Å². The molecule has 0 aliphatic carbocycles. The molecule has 180 valence electrons. The van der Waals surface area contributed by atoms with Gasteiger partial charge >= 0.3 is 0 Å². The number of hydrogen-bond donors (Lipinski definition) is 2. The number of rotatable bonds is 8. The van der Waals surface area contributed by atoms with Crippen LogP contribution in [0, 0.1) is 6.92 Å². The van der Waals surface area contributed by atoms with Gasteiger partial charge in [-0.1, -0.05) is 54.6 Å². The molecule has 0 radical (unpaired) electrons. The highest BCUT2D eigenvalue weighted by molar-refractivity contribution is 5.86. The lowest BCUT2D eigenvalue weighted by molar-refractivity contribution is 0.284. The summed E-state index contributed by atoms with van der Waals surface area (Å²) in [4.78, 5) is 8.88. The fraction of sp³-hybridized carbons (Fsp3) is 0.133. The third kappa shape index (κ3) is 4.93. The van der Waals surface area contributed by atoms with Crippen molar-refractivity contribution < 1.29 is 14.6 Å². The molecule has 0 amide bonds. The van der Waals surface area contributed by atoms with Crippen LogP contribution in [0.15, 0.2) is 97.3 Å². The van der Waals surface area contributed by atoms with Crippen molar-refractivity contribution >= 4 is 16.7 Å². The fourth-order valence-electron chi connectivity index (χ4n) is 4.20. The summed E-state index contributed by atoms with van der Waals surface area (Å²) in [6.07, 6.45) is 3.44. The van der Waals surface area contributed by atoms with Crippen molar-refractivity contribution in [2.75, 3.05) is 12.4 Å². The highest BCUT2D eigenvalue weighted by Crippen LogP contribution is 2.39. The normalized spacial score (nSPS) is 11.7. The summed E-state index contributed by atoms with van der Waals surface area (Å²) in [6.45, 7) is 2.45. The molecule has 0 saturated heterocycles. The molecular formula is C30H27N3O3. The number of aromatic hydroxyl groups is 1. The summed E-state index contributed by atoms with van der Waals surface area (Å²) in [5.74, 6) is 2.07. The number of ether oxygens (including phenoxy) is 2. The smallest absolute Gasteiger partial charge is 0.161 e. The SMILES string of the molecule is COc1cc([C@@H](Nc2cc(C)ccn2)c2ccc3cccnc3c2O)ccc1OCc1ccccc1. The van der Waals surface area contributed by atoms with Crippen molar-refractivity contribution in [3.8, 4) is 17.2 Å². The molecule has 1 atom stereocenters. The van der Waals surface area contributed by atoms with E-state index in [1.54, 1.807) is 19.5 Å². The van der Waals surface area contributed by atoms with Crippen LogP contribution < -0.4 is 14.8 Å². The number of benzene rings is 3. The summed E-state index contributed by atoms with van der Waals surface area (Å²) in [6, 6.07) is 26.9. The molecule has 0 spiro atoms. The number of nitrogens with zero attached hydrogens (tertiary/aromatic N) is 2. The molecule has 6 nitrogen and oxygen atoms in total. The third-order valence-electron chi connectivity index (χ3n) is 6.06. The van der Waals surface area contributed by atoms with Gasteiger partial charge in [0.1, 0.15) is 23.7 Å². The lowest BCUT2D eigenvalue weighted by Crippen LogP contribution is -2.14. The Hall–Kier alpha value is -4.58. The highest BCUT2D eigenvalue weighted by Gasteiger charge is 2.22. The summed E-state index contributed by atoms with van der Waals surface area (Å²) in [7, 11) is 1.62. The molecule has 5 aromatic rings. The van der Waals surface area contributed by atoms with Crippen LogP contribution in [0.5, 0.6) is 17.2 Å². The summed E-state index contributed by atoms with van der Waals surface area (Å²) >= 11 is 0. The van der Waals surface area contributed by atoms with Crippen LogP contribution in [0.4, 0.5) is 5.82 Å². The molecule has 2 heterocycles. The van der Waals surface area contributed by atoms with Gasteiger partial charge in [0.15, 0.2) is 11.5 Å². The largest absolute Gasteiger partial charge is 0.505 e. The Labute approximate surface area is 210 Å². The minimum atomic E-state index is -0.414. The third-order valence-corrected chi connectivity index (χ3v) is 6.06. The van der Waals surface area contributed by atoms with Crippen LogP contribution in [0.1, 0.15) is 28.3 Å². The summed E-state index contributed by atoms with van der Waals surface area (Å²) < 4.78 is 11.7. The number of hydrogen-bond acceptors (Lipinski definition) is 6. The molecular weight excluding hydrogens is 450 g/mol. The van der Waals surface area contributed by atoms with Gasteiger partial charge < -0.3 is 19.9 Å². The Morgan fingerprint density at radius 2 is 1.72 bits per heavy atom. The maximum absolute atomic E-state index is 11.2. The van der Waals surface area contributed by atoms with Gasteiger partial charge in [0.05, 0.1) is 13.2 Å². The molecule has 0 unspecified atom stereocenters. The molecule has 5 rings (SSSR count). The maximum Gasteiger partial charge on any atom is 0.161 e. The second-order valence-corrected chi connectivity index (χ2v) is 8.56. The van der Waals surface area contributed by atoms with E-state index in [-0.39, 0.29) is 5.75 Å². The van der Waals surface area contributed by atoms with Gasteiger partial charge in [0.2, 0.25) is 0 Å². The first-order valence-corrected chi connectivity index (χ1v) is 11.7. The lowest BCUT2D eigenvalue weighted by atomic mass is 9.95. The van der Waals surface area contributed by atoms with Crippen molar-refractivity contribution in [1.82, 2.24) is 9.97 Å². The van der Waals surface area contributed by atoms with E-state index in [1.807, 2.05) is 91.9 Å². The van der Waals surface area contributed by atoms with E-state index in [0.29, 0.717) is 35.0 Å². The zero-order chi connectivity index (χ0) is 24.9. The number of fused-ring (bicyclic) bond motifs is 1. The summed E-state index contributed by atoms with van der Waals surface area (Å²) in [5.41, 5.74) is 4.27. The highest BCUT2D eigenvalue weighted by atomic mass is 16.5. The molecule has 6 heteroatoms. The maximum atomic E-state index is 11.2. The van der Waals surface area contributed by atoms with E-state index >= 15 is 0 Å². The van der Waals surface area contributed by atoms with E-state index in [4.69, 9.17) is 9.47 Å². The van der Waals surface area contributed by atoms with Gasteiger partial charge in [-0.2, -0.15) is 0 Å². The second-order valence-electron chi connectivity index (χ2n) is 8.56. The van der Waals surface area contributed by atoms with Crippen LogP contribution in [-0.2, 0) is 6.61 Å². The molecule has 0 aliphatic rings. The van der Waals surface area contributed by atoms with E-state index in [1.165, 1.54) is 0 Å². The molecule has 0 bridgehead atoms. The first kappa shape index (κ1) is 23.2. The average molecular weight is 478 g/mol. The van der Waals surface area contributed by atoms with E-state index < -0.39 is 6.04 Å². The van der Waals surface area contributed by atoms with Crippen molar-refractivity contribution in [2.24, 2.45) is 0 Å². The molecule has 0 aliphatic heterocycles. The zero-order valence-corrected chi connectivity index (χ0v) is 20.2. The first-order chi connectivity index (χ1) is 17.6. The van der Waals surface area contributed by atoms with Gasteiger partial charge in [-0.25, -0.2) is 4.98 Å². The molecule has 3 aromatic carbocycles. The quantitative estimate of drug-likeness (QED) is 0.268. The Morgan fingerprint density at radius 3 is 2.53 bits per heavy atom. The van der Waals surface area contributed by atoms with Crippen LogP contribution in [0.2, 0.25) is 0 Å². The van der Waals surface area contributed by atoms with Gasteiger partial charge in [-0.3, -0.25) is 4.98 Å². The van der Waals surface area contributed by atoms with Crippen LogP contribution >= 0.6 is 0 Å². The Balaban J connectivity index is 1.54. The van der Waals surface area contributed by atoms with Gasteiger partial charge in [0.25, 0.3) is 0 Å². The number of aryl methyl sites for hydroxylation is 1. The van der Waals surface area contributed by atoms with Crippen molar-refractivity contribution in [2.45, 2.75) is 19.6 Å². The van der Waals surface area contributed by atoms with Gasteiger partial charge in [0, 0.05) is 23.3 Å². The average Bonchev–Trinajstić information content (AvgIpc) is 2.92. The Bertz CT molecular complexity index is 1490. The number of phenols is 1. The van der Waals surface area contributed by atoms with Gasteiger partial charge in [-0.15, -0.1) is 0 Å². The number of anilines is 1. The predicted octanol–water partition coefficient (Wildman–Crippen LogP) is 6.43. The first-order valence-electron chi connectivity index (χ1n) is 11.7. The number of phenolic OH excluding ortho intramolecular Hbond substituents is 1. The number of pyridine rings is 2. The van der Waals surface area contributed by atoms with E-state index in [9.17, 15) is 5.11 Å². The minimum absolute atomic E-state index is 0.127. The topological polar surface area (TPSA) is 76.5 Å². The molecule has 36 heavy (non-hydrogen) atoms. The number of aromatic nitrogens is 2. The molecule has 0 saturated carbocycles. The minimum Gasteiger partial charge on any atom is -0.505 e. The van der Waals surface area contributed by atoms with E-state index in [2.05, 4.69) is 15.3 Å². The molecule has 0 fully saturated rings. The second kappa shape index (κ2) is 10.4. The zero-order valence-electron chi connectivity index (χ0n) is 20.2. The van der Waals surface area contributed by atoms with Crippen LogP contribution in [0.3, 0.4) is 0 Å². The number of nitrogens with one attached hydrogen (secondary N) is 1. The molecule has 2 aromatic heterocycles. The Kier molecular flexibility index (Phi) is 6.67. The predicted molar refractivity (Wildman–Crippen MR) is 142 cm³/mol. The van der Waals surface area contributed by atoms with Gasteiger partial charge in [-0.05, 0) is 53.9 Å². The van der Waals surface area contributed by atoms with Crippen molar-refractivity contribution in [3.63, 3.8) is 0 Å². The summed E-state index contributed by atoms with van der Waals surface area (Å²) in [5, 5.41) is 15.6. The molecule has 2 N–H and O–H groups in total. The number of methoxy groups -OCH3 is 1. The monoisotopic (exact) mass is 477 g/mol. The van der Waals surface area contributed by atoms with E-state index in [0.717, 1.165) is 22.1 Å². The Morgan fingerprint density at radius 1 is 0.861 bits per heavy atom.